The molecule has 3 rings (SSSR count). The van der Waals surface area contributed by atoms with Gasteiger partial charge in [0.25, 0.3) is 5.69 Å². The van der Waals surface area contributed by atoms with E-state index in [4.69, 9.17) is 9.47 Å². The Hall–Kier alpha value is -3.67. The summed E-state index contributed by atoms with van der Waals surface area (Å²) in [6.45, 7) is -0.0513. The summed E-state index contributed by atoms with van der Waals surface area (Å²) in [5.41, 5.74) is 0.838. The van der Waals surface area contributed by atoms with Gasteiger partial charge < -0.3 is 9.47 Å². The number of ether oxygens (including phenoxy) is 2. The minimum Gasteiger partial charge on any atom is -0.457 e. The van der Waals surface area contributed by atoms with Crippen molar-refractivity contribution in [3.63, 3.8) is 0 Å². The van der Waals surface area contributed by atoms with Gasteiger partial charge in [-0.2, -0.15) is 0 Å². The molecule has 26 heavy (non-hydrogen) atoms. The summed E-state index contributed by atoms with van der Waals surface area (Å²) in [5.74, 6) is 0.644. The second kappa shape index (κ2) is 7.94. The molecule has 0 fully saturated rings. The number of carbonyl (C=O) groups is 1. The van der Waals surface area contributed by atoms with Crippen molar-refractivity contribution in [1.29, 1.82) is 0 Å². The van der Waals surface area contributed by atoms with Crippen LogP contribution in [0.1, 0.15) is 15.9 Å². The first-order valence-electron chi connectivity index (χ1n) is 7.85. The Morgan fingerprint density at radius 3 is 2.38 bits per heavy atom. The van der Waals surface area contributed by atoms with Gasteiger partial charge in [0.15, 0.2) is 0 Å². The normalized spacial score (nSPS) is 10.2. The summed E-state index contributed by atoms with van der Waals surface area (Å²) in [4.78, 5) is 22.5. The third-order valence-corrected chi connectivity index (χ3v) is 3.54. The summed E-state index contributed by atoms with van der Waals surface area (Å²) >= 11 is 0. The zero-order valence-electron chi connectivity index (χ0n) is 13.7. The predicted octanol–water partition coefficient (Wildman–Crippen LogP) is 4.74. The van der Waals surface area contributed by atoms with Gasteiger partial charge in [-0.05, 0) is 35.9 Å². The van der Waals surface area contributed by atoms with Crippen LogP contribution in [-0.2, 0) is 11.3 Å². The second-order valence-electron chi connectivity index (χ2n) is 5.45. The maximum atomic E-state index is 12.2. The van der Waals surface area contributed by atoms with E-state index in [1.54, 1.807) is 36.4 Å². The summed E-state index contributed by atoms with van der Waals surface area (Å²) in [6.07, 6.45) is 0. The highest BCUT2D eigenvalue weighted by molar-refractivity contribution is 5.89. The Morgan fingerprint density at radius 1 is 0.885 bits per heavy atom. The molecule has 0 aliphatic rings. The third-order valence-electron chi connectivity index (χ3n) is 3.54. The fraction of sp³-hybridized carbons (Fsp3) is 0.0500. The number of rotatable bonds is 6. The lowest BCUT2D eigenvalue weighted by Crippen LogP contribution is -2.05. The van der Waals surface area contributed by atoms with Crippen LogP contribution in [0.15, 0.2) is 78.9 Å². The fourth-order valence-electron chi connectivity index (χ4n) is 2.30. The zero-order valence-corrected chi connectivity index (χ0v) is 13.7. The number of nitro groups is 1. The number of carbonyl (C=O) groups excluding carboxylic acids is 1. The topological polar surface area (TPSA) is 78.7 Å². The molecule has 0 spiro atoms. The first-order chi connectivity index (χ1) is 12.6. The Bertz CT molecular complexity index is 924. The monoisotopic (exact) mass is 349 g/mol. The van der Waals surface area contributed by atoms with E-state index in [2.05, 4.69) is 0 Å². The van der Waals surface area contributed by atoms with Crippen LogP contribution in [0, 0.1) is 10.1 Å². The van der Waals surface area contributed by atoms with E-state index in [9.17, 15) is 14.9 Å². The van der Waals surface area contributed by atoms with Gasteiger partial charge in [0.2, 0.25) is 0 Å². The number of non-ortho nitro benzene ring substituents is 1. The predicted molar refractivity (Wildman–Crippen MR) is 95.2 cm³/mol. The third kappa shape index (κ3) is 4.45. The first-order valence-corrected chi connectivity index (χ1v) is 7.85. The summed E-state index contributed by atoms with van der Waals surface area (Å²) < 4.78 is 10.9. The first kappa shape index (κ1) is 17.2. The van der Waals surface area contributed by atoms with Gasteiger partial charge in [0.1, 0.15) is 18.1 Å². The zero-order chi connectivity index (χ0) is 18.4. The van der Waals surface area contributed by atoms with Gasteiger partial charge in [0.05, 0.1) is 10.5 Å². The van der Waals surface area contributed by atoms with Crippen molar-refractivity contribution < 1.29 is 19.2 Å². The Labute approximate surface area is 149 Å². The molecule has 0 heterocycles. The minimum absolute atomic E-state index is 0.0446. The number of hydrogen-bond acceptors (Lipinski definition) is 5. The average molecular weight is 349 g/mol. The summed E-state index contributed by atoms with van der Waals surface area (Å²) in [6, 6.07) is 21.8. The molecule has 130 valence electrons. The quantitative estimate of drug-likeness (QED) is 0.365. The van der Waals surface area contributed by atoms with Crippen LogP contribution in [0.25, 0.3) is 0 Å². The largest absolute Gasteiger partial charge is 0.457 e. The van der Waals surface area contributed by atoms with Crippen LogP contribution in [-0.4, -0.2) is 10.9 Å². The summed E-state index contributed by atoms with van der Waals surface area (Å²) in [7, 11) is 0. The molecule has 3 aromatic carbocycles. The number of para-hydroxylation sites is 1. The number of hydrogen-bond donors (Lipinski definition) is 0. The molecule has 0 N–H and O–H groups in total. The smallest absolute Gasteiger partial charge is 0.338 e. The molecule has 0 bridgehead atoms. The van der Waals surface area contributed by atoms with Crippen LogP contribution in [0.4, 0.5) is 5.69 Å². The van der Waals surface area contributed by atoms with Gasteiger partial charge in [0, 0.05) is 12.1 Å². The molecule has 6 heteroatoms. The lowest BCUT2D eigenvalue weighted by Gasteiger charge is -2.08. The van der Waals surface area contributed by atoms with Crippen LogP contribution in [0.5, 0.6) is 11.5 Å². The number of esters is 1. The molecule has 0 unspecified atom stereocenters. The van der Waals surface area contributed by atoms with E-state index in [0.717, 1.165) is 0 Å². The van der Waals surface area contributed by atoms with Crippen LogP contribution >= 0.6 is 0 Å². The number of benzene rings is 3. The van der Waals surface area contributed by atoms with E-state index in [-0.39, 0.29) is 12.3 Å². The number of nitro benzene ring substituents is 1. The highest BCUT2D eigenvalue weighted by atomic mass is 16.6. The van der Waals surface area contributed by atoms with E-state index in [1.807, 2.05) is 30.3 Å². The summed E-state index contributed by atoms with van der Waals surface area (Å²) in [5, 5.41) is 10.8. The van der Waals surface area contributed by atoms with Crippen molar-refractivity contribution in [1.82, 2.24) is 0 Å². The molecular formula is C20H15NO5. The van der Waals surface area contributed by atoms with Gasteiger partial charge in [-0.25, -0.2) is 4.79 Å². The molecule has 0 amide bonds. The second-order valence-corrected chi connectivity index (χ2v) is 5.45. The maximum absolute atomic E-state index is 12.2. The highest BCUT2D eigenvalue weighted by Crippen LogP contribution is 2.22. The van der Waals surface area contributed by atoms with Gasteiger partial charge >= 0.3 is 5.97 Å². The van der Waals surface area contributed by atoms with Gasteiger partial charge in [-0.1, -0.05) is 36.4 Å². The molecule has 0 saturated carbocycles. The Kier molecular flexibility index (Phi) is 5.24. The van der Waals surface area contributed by atoms with E-state index < -0.39 is 10.9 Å². The lowest BCUT2D eigenvalue weighted by molar-refractivity contribution is -0.384. The number of nitrogens with zero attached hydrogens (tertiary/aromatic N) is 1. The Morgan fingerprint density at radius 2 is 1.62 bits per heavy atom. The molecule has 0 saturated heterocycles. The standard InChI is InChI=1S/C20H15NO5/c22-20(25-14-15-6-4-8-17(12-15)21(23)24)16-7-5-11-19(13-16)26-18-9-2-1-3-10-18/h1-13H,14H2. The average Bonchev–Trinajstić information content (AvgIpc) is 2.67. The van der Waals surface area contributed by atoms with Crippen LogP contribution in [0.2, 0.25) is 0 Å². The van der Waals surface area contributed by atoms with Crippen molar-refractivity contribution in [3.05, 3.63) is 100 Å². The minimum atomic E-state index is -0.532. The van der Waals surface area contributed by atoms with Crippen molar-refractivity contribution in [3.8, 4) is 11.5 Å². The molecule has 3 aromatic rings. The van der Waals surface area contributed by atoms with Crippen LogP contribution in [0.3, 0.4) is 0 Å². The highest BCUT2D eigenvalue weighted by Gasteiger charge is 2.11. The van der Waals surface area contributed by atoms with E-state index in [0.29, 0.717) is 22.6 Å². The van der Waals surface area contributed by atoms with E-state index >= 15 is 0 Å². The molecule has 0 atom stereocenters. The van der Waals surface area contributed by atoms with Crippen molar-refractivity contribution in [2.75, 3.05) is 0 Å². The van der Waals surface area contributed by atoms with E-state index in [1.165, 1.54) is 12.1 Å². The van der Waals surface area contributed by atoms with Gasteiger partial charge in [-0.15, -0.1) is 0 Å². The van der Waals surface area contributed by atoms with Crippen molar-refractivity contribution in [2.45, 2.75) is 6.61 Å². The SMILES string of the molecule is O=C(OCc1cccc([N+](=O)[O-])c1)c1cccc(Oc2ccccc2)c1. The maximum Gasteiger partial charge on any atom is 0.338 e. The molecule has 6 nitrogen and oxygen atoms in total. The fourth-order valence-corrected chi connectivity index (χ4v) is 2.30. The lowest BCUT2D eigenvalue weighted by atomic mass is 10.2. The Balaban J connectivity index is 1.65. The molecule has 0 aromatic heterocycles. The van der Waals surface area contributed by atoms with Gasteiger partial charge in [-0.3, -0.25) is 10.1 Å². The van der Waals surface area contributed by atoms with Crippen molar-refractivity contribution >= 4 is 11.7 Å². The molecular weight excluding hydrogens is 334 g/mol. The van der Waals surface area contributed by atoms with Crippen LogP contribution < -0.4 is 4.74 Å². The molecule has 0 aliphatic carbocycles. The molecule has 0 radical (unpaired) electrons. The van der Waals surface area contributed by atoms with Crippen molar-refractivity contribution in [2.24, 2.45) is 0 Å². The molecule has 0 aliphatic heterocycles.